The normalized spacial score (nSPS) is 22.1. The van der Waals surface area contributed by atoms with Crippen LogP contribution in [-0.4, -0.2) is 49.1 Å². The highest BCUT2D eigenvalue weighted by Crippen LogP contribution is 2.17. The molecule has 2 atom stereocenters. The third kappa shape index (κ3) is 4.82. The molecule has 0 spiro atoms. The second kappa shape index (κ2) is 7.48. The third-order valence-electron chi connectivity index (χ3n) is 3.82. The summed E-state index contributed by atoms with van der Waals surface area (Å²) >= 11 is 0. The standard InChI is InChI=1S/C14H26N2O3/c1-10(2)11(3)15-13(17)9-16-8-6-5-7-12(16)14(18)19-4/h10-12H,5-9H2,1-4H3,(H,15,17)/t11?,12-/m1/s1. The third-order valence-corrected chi connectivity index (χ3v) is 3.82. The molecule has 1 aliphatic heterocycles. The fourth-order valence-corrected chi connectivity index (χ4v) is 2.23. The maximum atomic E-state index is 12.0. The summed E-state index contributed by atoms with van der Waals surface area (Å²) in [5, 5.41) is 2.97. The van der Waals surface area contributed by atoms with E-state index in [9.17, 15) is 9.59 Å². The van der Waals surface area contributed by atoms with Crippen LogP contribution in [-0.2, 0) is 14.3 Å². The first-order valence-electron chi connectivity index (χ1n) is 7.07. The fraction of sp³-hybridized carbons (Fsp3) is 0.857. The van der Waals surface area contributed by atoms with Crippen LogP contribution in [0.15, 0.2) is 0 Å². The number of carbonyl (C=O) groups excluding carboxylic acids is 2. The Kier molecular flexibility index (Phi) is 6.28. The fourth-order valence-electron chi connectivity index (χ4n) is 2.23. The Balaban J connectivity index is 2.52. The minimum absolute atomic E-state index is 0.0167. The largest absolute Gasteiger partial charge is 0.468 e. The number of likely N-dealkylation sites (tertiary alicyclic amines) is 1. The number of esters is 1. The summed E-state index contributed by atoms with van der Waals surface area (Å²) in [6, 6.07) is -0.118. The van der Waals surface area contributed by atoms with Crippen molar-refractivity contribution < 1.29 is 14.3 Å². The van der Waals surface area contributed by atoms with E-state index in [2.05, 4.69) is 19.2 Å². The van der Waals surface area contributed by atoms with E-state index in [4.69, 9.17) is 4.74 Å². The van der Waals surface area contributed by atoms with Crippen molar-refractivity contribution in [3.63, 3.8) is 0 Å². The second-order valence-corrected chi connectivity index (χ2v) is 5.61. The molecule has 1 fully saturated rings. The molecule has 0 aromatic rings. The molecule has 0 aromatic heterocycles. The van der Waals surface area contributed by atoms with Crippen molar-refractivity contribution in [1.82, 2.24) is 10.2 Å². The highest BCUT2D eigenvalue weighted by atomic mass is 16.5. The van der Waals surface area contributed by atoms with Gasteiger partial charge in [0.05, 0.1) is 13.7 Å². The summed E-state index contributed by atoms with van der Waals surface area (Å²) in [5.74, 6) is 0.156. The molecular formula is C14H26N2O3. The van der Waals surface area contributed by atoms with Crippen LogP contribution in [0.5, 0.6) is 0 Å². The van der Waals surface area contributed by atoms with Crippen LogP contribution in [0.3, 0.4) is 0 Å². The molecule has 1 aliphatic rings. The van der Waals surface area contributed by atoms with E-state index in [-0.39, 0.29) is 30.5 Å². The topological polar surface area (TPSA) is 58.6 Å². The molecule has 0 aromatic carbocycles. The quantitative estimate of drug-likeness (QED) is 0.762. The number of ether oxygens (including phenoxy) is 1. The number of amides is 1. The van der Waals surface area contributed by atoms with Gasteiger partial charge in [-0.05, 0) is 32.2 Å². The number of nitrogens with one attached hydrogen (secondary N) is 1. The number of piperidine rings is 1. The smallest absolute Gasteiger partial charge is 0.323 e. The highest BCUT2D eigenvalue weighted by Gasteiger charge is 2.30. The van der Waals surface area contributed by atoms with Gasteiger partial charge in [-0.15, -0.1) is 0 Å². The van der Waals surface area contributed by atoms with E-state index in [1.54, 1.807) is 0 Å². The maximum absolute atomic E-state index is 12.0. The Morgan fingerprint density at radius 1 is 1.32 bits per heavy atom. The Morgan fingerprint density at radius 2 is 2.00 bits per heavy atom. The van der Waals surface area contributed by atoms with Crippen LogP contribution in [0, 0.1) is 5.92 Å². The summed E-state index contributed by atoms with van der Waals surface area (Å²) in [7, 11) is 1.40. The van der Waals surface area contributed by atoms with Crippen LogP contribution >= 0.6 is 0 Å². The van der Waals surface area contributed by atoms with Crippen molar-refractivity contribution in [1.29, 1.82) is 0 Å². The minimum Gasteiger partial charge on any atom is -0.468 e. The molecule has 1 rings (SSSR count). The van der Waals surface area contributed by atoms with Gasteiger partial charge in [-0.2, -0.15) is 0 Å². The predicted octanol–water partition coefficient (Wildman–Crippen LogP) is 1.17. The van der Waals surface area contributed by atoms with Gasteiger partial charge >= 0.3 is 5.97 Å². The van der Waals surface area contributed by atoms with Crippen molar-refractivity contribution in [2.45, 2.75) is 52.1 Å². The van der Waals surface area contributed by atoms with E-state index in [1.165, 1.54) is 7.11 Å². The highest BCUT2D eigenvalue weighted by molar-refractivity contribution is 5.80. The summed E-state index contributed by atoms with van der Waals surface area (Å²) in [4.78, 5) is 25.6. The van der Waals surface area contributed by atoms with E-state index in [0.717, 1.165) is 25.8 Å². The molecule has 0 bridgehead atoms. The van der Waals surface area contributed by atoms with Crippen molar-refractivity contribution in [2.24, 2.45) is 5.92 Å². The first kappa shape index (κ1) is 16.0. The van der Waals surface area contributed by atoms with Crippen LogP contribution in [0.25, 0.3) is 0 Å². The van der Waals surface area contributed by atoms with Crippen molar-refractivity contribution in [2.75, 3.05) is 20.2 Å². The van der Waals surface area contributed by atoms with Gasteiger partial charge in [0.1, 0.15) is 6.04 Å². The van der Waals surface area contributed by atoms with Gasteiger partial charge in [0, 0.05) is 6.04 Å². The van der Waals surface area contributed by atoms with Crippen molar-refractivity contribution in [3.8, 4) is 0 Å². The average Bonchev–Trinajstić information content (AvgIpc) is 2.38. The Labute approximate surface area is 115 Å². The van der Waals surface area contributed by atoms with E-state index in [1.807, 2.05) is 11.8 Å². The second-order valence-electron chi connectivity index (χ2n) is 5.61. The average molecular weight is 270 g/mol. The van der Waals surface area contributed by atoms with E-state index in [0.29, 0.717) is 5.92 Å². The molecule has 0 aliphatic carbocycles. The van der Waals surface area contributed by atoms with Crippen LogP contribution < -0.4 is 5.32 Å². The molecule has 1 saturated heterocycles. The lowest BCUT2D eigenvalue weighted by Gasteiger charge is -2.33. The first-order valence-corrected chi connectivity index (χ1v) is 7.07. The van der Waals surface area contributed by atoms with E-state index < -0.39 is 0 Å². The summed E-state index contributed by atoms with van der Waals surface area (Å²) in [6.45, 7) is 7.20. The molecule has 19 heavy (non-hydrogen) atoms. The SMILES string of the molecule is COC(=O)[C@H]1CCCCN1CC(=O)NC(C)C(C)C. The number of carbonyl (C=O) groups is 2. The summed E-state index contributed by atoms with van der Waals surface area (Å²) in [6.07, 6.45) is 2.82. The molecule has 0 saturated carbocycles. The Morgan fingerprint density at radius 3 is 2.58 bits per heavy atom. The molecule has 110 valence electrons. The van der Waals surface area contributed by atoms with Crippen molar-refractivity contribution >= 4 is 11.9 Å². The van der Waals surface area contributed by atoms with Gasteiger partial charge in [0.2, 0.25) is 5.91 Å². The number of rotatable bonds is 5. The molecule has 0 radical (unpaired) electrons. The zero-order chi connectivity index (χ0) is 14.4. The lowest BCUT2D eigenvalue weighted by atomic mass is 10.0. The zero-order valence-corrected chi connectivity index (χ0v) is 12.4. The number of methoxy groups -OCH3 is 1. The first-order chi connectivity index (χ1) is 8.95. The van der Waals surface area contributed by atoms with Crippen LogP contribution in [0.2, 0.25) is 0 Å². The van der Waals surface area contributed by atoms with E-state index >= 15 is 0 Å². The minimum atomic E-state index is -0.265. The number of nitrogens with zero attached hydrogens (tertiary/aromatic N) is 1. The van der Waals surface area contributed by atoms with Gasteiger partial charge in [0.25, 0.3) is 0 Å². The van der Waals surface area contributed by atoms with Gasteiger partial charge in [-0.3, -0.25) is 14.5 Å². The van der Waals surface area contributed by atoms with Crippen molar-refractivity contribution in [3.05, 3.63) is 0 Å². The van der Waals surface area contributed by atoms with Crippen LogP contribution in [0.4, 0.5) is 0 Å². The summed E-state index contributed by atoms with van der Waals surface area (Å²) in [5.41, 5.74) is 0. The molecule has 1 N–H and O–H groups in total. The van der Waals surface area contributed by atoms with Gasteiger partial charge in [-0.25, -0.2) is 0 Å². The van der Waals surface area contributed by atoms with Gasteiger partial charge in [-0.1, -0.05) is 20.3 Å². The lowest BCUT2D eigenvalue weighted by molar-refractivity contribution is -0.148. The molecular weight excluding hydrogens is 244 g/mol. The molecule has 5 heteroatoms. The van der Waals surface area contributed by atoms with Gasteiger partial charge in [0.15, 0.2) is 0 Å². The van der Waals surface area contributed by atoms with Gasteiger partial charge < -0.3 is 10.1 Å². The molecule has 1 unspecified atom stereocenters. The molecule has 1 amide bonds. The number of hydrogen-bond donors (Lipinski definition) is 1. The summed E-state index contributed by atoms with van der Waals surface area (Å²) < 4.78 is 4.81. The zero-order valence-electron chi connectivity index (χ0n) is 12.4. The Bertz CT molecular complexity index is 318. The molecule has 5 nitrogen and oxygen atoms in total. The number of hydrogen-bond acceptors (Lipinski definition) is 4. The van der Waals surface area contributed by atoms with Crippen LogP contribution in [0.1, 0.15) is 40.0 Å². The predicted molar refractivity (Wildman–Crippen MR) is 73.7 cm³/mol. The molecule has 1 heterocycles. The Hall–Kier alpha value is -1.10. The monoisotopic (exact) mass is 270 g/mol. The lowest BCUT2D eigenvalue weighted by Crippen LogP contribution is -2.50. The maximum Gasteiger partial charge on any atom is 0.323 e.